The number of thioether (sulfide) groups is 2. The van der Waals surface area contributed by atoms with Crippen molar-refractivity contribution in [2.24, 2.45) is 0 Å². The number of halogens is 2. The summed E-state index contributed by atoms with van der Waals surface area (Å²) in [4.78, 5) is 4.78. The third kappa shape index (κ3) is 6.89. The van der Waals surface area contributed by atoms with E-state index in [0.29, 0.717) is 0 Å². The second-order valence-corrected chi connectivity index (χ2v) is 10.1. The van der Waals surface area contributed by atoms with Gasteiger partial charge in [0, 0.05) is 31.1 Å². The second-order valence-electron chi connectivity index (χ2n) is 6.88. The maximum absolute atomic E-state index is 13.0. The predicted molar refractivity (Wildman–Crippen MR) is 129 cm³/mol. The van der Waals surface area contributed by atoms with Crippen LogP contribution in [0.25, 0.3) is 0 Å². The highest BCUT2D eigenvalue weighted by molar-refractivity contribution is 7.99. The van der Waals surface area contributed by atoms with E-state index in [0.717, 1.165) is 22.6 Å². The molecule has 5 heteroatoms. The van der Waals surface area contributed by atoms with Gasteiger partial charge in [-0.1, -0.05) is 36.0 Å². The van der Waals surface area contributed by atoms with E-state index in [-0.39, 0.29) is 11.6 Å². The van der Waals surface area contributed by atoms with Crippen LogP contribution in [0.4, 0.5) is 8.78 Å². The molecular formula is C26H20F2S3. The Balaban J connectivity index is 1.27. The molecule has 4 aromatic rings. The Morgan fingerprint density at radius 1 is 0.419 bits per heavy atom. The largest absolute Gasteiger partial charge is 0.207 e. The second kappa shape index (κ2) is 10.9. The molecular weight excluding hydrogens is 446 g/mol. The van der Waals surface area contributed by atoms with Gasteiger partial charge in [0.25, 0.3) is 0 Å². The first-order valence-electron chi connectivity index (χ1n) is 9.76. The highest BCUT2D eigenvalue weighted by atomic mass is 32.2. The molecule has 0 aliphatic carbocycles. The lowest BCUT2D eigenvalue weighted by Crippen LogP contribution is -1.82. The quantitative estimate of drug-likeness (QED) is 0.238. The third-order valence-electron chi connectivity index (χ3n) is 4.52. The zero-order valence-electron chi connectivity index (χ0n) is 16.6. The highest BCUT2D eigenvalue weighted by Crippen LogP contribution is 2.32. The van der Waals surface area contributed by atoms with Gasteiger partial charge in [0.1, 0.15) is 11.6 Å². The van der Waals surface area contributed by atoms with E-state index in [1.54, 1.807) is 35.3 Å². The van der Waals surface area contributed by atoms with Gasteiger partial charge in [-0.05, 0) is 83.9 Å². The maximum Gasteiger partial charge on any atom is 0.123 e. The average molecular weight is 467 g/mol. The van der Waals surface area contributed by atoms with Crippen molar-refractivity contribution in [3.05, 3.63) is 120 Å². The molecule has 0 unspecified atom stereocenters. The van der Waals surface area contributed by atoms with Gasteiger partial charge in [-0.2, -0.15) is 0 Å². The minimum atomic E-state index is -0.199. The Bertz CT molecular complexity index is 1000. The van der Waals surface area contributed by atoms with Gasteiger partial charge in [-0.3, -0.25) is 0 Å². The predicted octanol–water partition coefficient (Wildman–Crippen LogP) is 8.70. The van der Waals surface area contributed by atoms with Gasteiger partial charge in [-0.15, -0.1) is 23.5 Å². The lowest BCUT2D eigenvalue weighted by Gasteiger charge is -2.06. The molecule has 156 valence electrons. The molecule has 0 spiro atoms. The summed E-state index contributed by atoms with van der Waals surface area (Å²) in [7, 11) is 0. The molecule has 0 aliphatic heterocycles. The number of rotatable bonds is 8. The monoisotopic (exact) mass is 466 g/mol. The Kier molecular flexibility index (Phi) is 7.73. The van der Waals surface area contributed by atoms with Crippen molar-refractivity contribution in [1.82, 2.24) is 0 Å². The Morgan fingerprint density at radius 3 is 1.10 bits per heavy atom. The number of hydrogen-bond acceptors (Lipinski definition) is 3. The molecule has 0 aliphatic rings. The summed E-state index contributed by atoms with van der Waals surface area (Å²) < 4.78 is 26.0. The molecule has 0 saturated carbocycles. The first kappa shape index (κ1) is 22.0. The Morgan fingerprint density at radius 2 is 0.742 bits per heavy atom. The van der Waals surface area contributed by atoms with Crippen molar-refractivity contribution < 1.29 is 8.78 Å². The molecule has 0 heterocycles. The van der Waals surface area contributed by atoms with Gasteiger partial charge >= 0.3 is 0 Å². The van der Waals surface area contributed by atoms with Gasteiger partial charge < -0.3 is 0 Å². The summed E-state index contributed by atoms with van der Waals surface area (Å²) in [6.45, 7) is 0. The van der Waals surface area contributed by atoms with Gasteiger partial charge in [-0.25, -0.2) is 8.78 Å². The van der Waals surface area contributed by atoms with Crippen LogP contribution < -0.4 is 0 Å². The van der Waals surface area contributed by atoms with Crippen LogP contribution in [0.2, 0.25) is 0 Å². The van der Waals surface area contributed by atoms with Gasteiger partial charge in [0.15, 0.2) is 0 Å². The van der Waals surface area contributed by atoms with Crippen LogP contribution in [0.5, 0.6) is 0 Å². The Labute approximate surface area is 194 Å². The SMILES string of the molecule is Fc1ccc(CSc2ccc(Sc3ccc(SCc4ccc(F)cc4)cc3)cc2)cc1. The number of benzene rings is 4. The van der Waals surface area contributed by atoms with Crippen molar-refractivity contribution in [2.45, 2.75) is 31.1 Å². The summed E-state index contributed by atoms with van der Waals surface area (Å²) in [6.07, 6.45) is 0. The zero-order valence-corrected chi connectivity index (χ0v) is 19.1. The van der Waals surface area contributed by atoms with E-state index in [4.69, 9.17) is 0 Å². The molecule has 0 nitrogen and oxygen atoms in total. The van der Waals surface area contributed by atoms with Crippen LogP contribution >= 0.6 is 35.3 Å². The van der Waals surface area contributed by atoms with E-state index in [1.165, 1.54) is 43.8 Å². The average Bonchev–Trinajstić information content (AvgIpc) is 2.80. The minimum absolute atomic E-state index is 0.199. The molecule has 0 aromatic heterocycles. The van der Waals surface area contributed by atoms with Crippen molar-refractivity contribution >= 4 is 35.3 Å². The number of hydrogen-bond donors (Lipinski definition) is 0. The van der Waals surface area contributed by atoms with E-state index in [1.807, 2.05) is 24.3 Å². The fraction of sp³-hybridized carbons (Fsp3) is 0.0769. The fourth-order valence-electron chi connectivity index (χ4n) is 2.84. The molecule has 31 heavy (non-hydrogen) atoms. The van der Waals surface area contributed by atoms with Crippen molar-refractivity contribution in [2.75, 3.05) is 0 Å². The van der Waals surface area contributed by atoms with Crippen molar-refractivity contribution in [3.63, 3.8) is 0 Å². The van der Waals surface area contributed by atoms with Crippen molar-refractivity contribution in [1.29, 1.82) is 0 Å². The van der Waals surface area contributed by atoms with Crippen molar-refractivity contribution in [3.8, 4) is 0 Å². The molecule has 0 saturated heterocycles. The molecule has 4 rings (SSSR count). The molecule has 0 amide bonds. The third-order valence-corrected chi connectivity index (χ3v) is 7.70. The summed E-state index contributed by atoms with van der Waals surface area (Å²) in [5.74, 6) is 1.25. The summed E-state index contributed by atoms with van der Waals surface area (Å²) in [5.41, 5.74) is 2.23. The summed E-state index contributed by atoms with van der Waals surface area (Å²) in [6, 6.07) is 30.4. The highest BCUT2D eigenvalue weighted by Gasteiger charge is 2.02. The van der Waals surface area contributed by atoms with E-state index in [9.17, 15) is 8.78 Å². The van der Waals surface area contributed by atoms with Crippen LogP contribution in [-0.4, -0.2) is 0 Å². The van der Waals surface area contributed by atoms with E-state index < -0.39 is 0 Å². The van der Waals surface area contributed by atoms with E-state index >= 15 is 0 Å². The van der Waals surface area contributed by atoms with Crippen LogP contribution in [0.3, 0.4) is 0 Å². The smallest absolute Gasteiger partial charge is 0.123 e. The van der Waals surface area contributed by atoms with Crippen LogP contribution in [0, 0.1) is 11.6 Å². The van der Waals surface area contributed by atoms with Crippen LogP contribution in [-0.2, 0) is 11.5 Å². The minimum Gasteiger partial charge on any atom is -0.207 e. The molecule has 0 atom stereocenters. The van der Waals surface area contributed by atoms with Gasteiger partial charge in [0.2, 0.25) is 0 Å². The zero-order chi connectivity index (χ0) is 21.5. The summed E-state index contributed by atoms with van der Waals surface area (Å²) in [5, 5.41) is 0. The van der Waals surface area contributed by atoms with Crippen LogP contribution in [0.15, 0.2) is 117 Å². The van der Waals surface area contributed by atoms with Crippen LogP contribution in [0.1, 0.15) is 11.1 Å². The first-order valence-corrected chi connectivity index (χ1v) is 12.6. The standard InChI is InChI=1S/C26H20F2S3/c27-21-5-1-19(2-6-21)17-29-23-9-13-25(14-10-23)31-26-15-11-24(12-16-26)30-18-20-3-7-22(28)8-4-20/h1-16H,17-18H2. The topological polar surface area (TPSA) is 0 Å². The lowest BCUT2D eigenvalue weighted by molar-refractivity contribution is 0.627. The molecule has 0 radical (unpaired) electrons. The summed E-state index contributed by atoms with van der Waals surface area (Å²) >= 11 is 5.23. The maximum atomic E-state index is 13.0. The normalized spacial score (nSPS) is 10.9. The molecule has 0 bridgehead atoms. The first-order chi connectivity index (χ1) is 15.1. The Hall–Kier alpha value is -2.21. The molecule has 4 aromatic carbocycles. The van der Waals surface area contributed by atoms with Gasteiger partial charge in [0.05, 0.1) is 0 Å². The molecule has 0 N–H and O–H groups in total. The fourth-order valence-corrected chi connectivity index (χ4v) is 5.36. The van der Waals surface area contributed by atoms with E-state index in [2.05, 4.69) is 48.5 Å². The lowest BCUT2D eigenvalue weighted by atomic mass is 10.2. The molecule has 0 fully saturated rings.